The summed E-state index contributed by atoms with van der Waals surface area (Å²) in [6.07, 6.45) is 0. The lowest BCUT2D eigenvalue weighted by molar-refractivity contribution is 1.24. The van der Waals surface area contributed by atoms with E-state index in [0.29, 0.717) is 14.8 Å². The molecular weight excluding hydrogens is 534 g/mol. The van der Waals surface area contributed by atoms with Crippen molar-refractivity contribution in [2.75, 3.05) is 0 Å². The predicted molar refractivity (Wildman–Crippen MR) is 187 cm³/mol. The summed E-state index contributed by atoms with van der Waals surface area (Å²) in [6.45, 7) is 0. The van der Waals surface area contributed by atoms with Gasteiger partial charge in [-0.15, -0.1) is 0 Å². The van der Waals surface area contributed by atoms with E-state index < -0.39 is 0 Å². The summed E-state index contributed by atoms with van der Waals surface area (Å²) in [5.41, 5.74) is 11.4. The van der Waals surface area contributed by atoms with Crippen LogP contribution in [-0.4, -0.2) is 33.8 Å². The first-order chi connectivity index (χ1) is 21.8. The van der Waals surface area contributed by atoms with Crippen LogP contribution in [0.25, 0.3) is 76.8 Å². The molecule has 0 atom stereocenters. The van der Waals surface area contributed by atoms with Gasteiger partial charge in [-0.2, -0.15) is 0 Å². The van der Waals surface area contributed by atoms with Gasteiger partial charge in [0.05, 0.1) is 5.69 Å². The van der Waals surface area contributed by atoms with Crippen LogP contribution in [0.15, 0.2) is 133 Å². The third-order valence-electron chi connectivity index (χ3n) is 9.43. The number of nitrogens with zero attached hydrogens (tertiary/aromatic N) is 4. The summed E-state index contributed by atoms with van der Waals surface area (Å²) in [6, 6.07) is 47.9. The largest absolute Gasteiger partial charge is 0.382 e. The van der Waals surface area contributed by atoms with E-state index in [4.69, 9.17) is 9.97 Å². The van der Waals surface area contributed by atoms with Gasteiger partial charge in [-0.05, 0) is 40.6 Å². The highest BCUT2D eigenvalue weighted by molar-refractivity contribution is 6.58. The Kier molecular flexibility index (Phi) is 4.86. The van der Waals surface area contributed by atoms with Crippen LogP contribution in [0.5, 0.6) is 0 Å². The standard InChI is InChI=1S/C38H24B2N4/c1-5-19-30-24(13-1)25-14-2-6-20-31(25)43(30)39-37-35-28-17-9-11-23-12-10-18-29(34(23)28)36(35)41-38(42-37)40-44-32-21-7-3-15-26(32)27-16-4-8-22-33(27)44/h1-22,39-40H. The monoisotopic (exact) mass is 558 g/mol. The molecule has 0 radical (unpaired) electrons. The highest BCUT2D eigenvalue weighted by Gasteiger charge is 2.29. The number of aromatic nitrogens is 4. The molecule has 0 N–H and O–H groups in total. The lowest BCUT2D eigenvalue weighted by Crippen LogP contribution is -2.38. The Hall–Kier alpha value is -5.61. The van der Waals surface area contributed by atoms with Crippen LogP contribution in [0.4, 0.5) is 0 Å². The predicted octanol–water partition coefficient (Wildman–Crippen LogP) is 6.54. The number of fused-ring (bicyclic) bond motifs is 9. The number of para-hydroxylation sites is 4. The van der Waals surface area contributed by atoms with Crippen molar-refractivity contribution in [2.24, 2.45) is 0 Å². The maximum atomic E-state index is 5.44. The topological polar surface area (TPSA) is 35.6 Å². The van der Waals surface area contributed by atoms with Crippen LogP contribution < -0.4 is 11.3 Å². The zero-order chi connectivity index (χ0) is 28.8. The molecule has 0 bridgehead atoms. The van der Waals surface area contributed by atoms with Gasteiger partial charge < -0.3 is 8.96 Å². The van der Waals surface area contributed by atoms with E-state index in [1.165, 1.54) is 65.5 Å². The van der Waals surface area contributed by atoms with E-state index in [2.05, 4.69) is 142 Å². The molecule has 44 heavy (non-hydrogen) atoms. The van der Waals surface area contributed by atoms with E-state index in [-0.39, 0.29) is 0 Å². The fraction of sp³-hybridized carbons (Fsp3) is 0. The third-order valence-corrected chi connectivity index (χ3v) is 9.43. The highest BCUT2D eigenvalue weighted by atomic mass is 15.0. The van der Waals surface area contributed by atoms with Crippen LogP contribution >= 0.6 is 0 Å². The van der Waals surface area contributed by atoms with Crippen LogP contribution in [0.2, 0.25) is 0 Å². The maximum absolute atomic E-state index is 5.44. The lowest BCUT2D eigenvalue weighted by Gasteiger charge is -2.14. The molecule has 10 rings (SSSR count). The minimum absolute atomic E-state index is 0.591. The van der Waals surface area contributed by atoms with Gasteiger partial charge in [0.1, 0.15) is 5.72 Å². The molecule has 0 amide bonds. The molecule has 0 unspecified atom stereocenters. The van der Waals surface area contributed by atoms with E-state index >= 15 is 0 Å². The molecular formula is C38H24B2N4. The normalized spacial score (nSPS) is 12.1. The Bertz CT molecular complexity index is 2520. The SMILES string of the molecule is B(c1nc(Bn2c3ccccc3c3ccccc32)c2c(n1)-c1cccc3cccc-2c13)n1c2ccccc2c2ccccc21. The van der Waals surface area contributed by atoms with Crippen molar-refractivity contribution < 1.29 is 0 Å². The molecule has 0 fully saturated rings. The van der Waals surface area contributed by atoms with Crippen molar-refractivity contribution in [3.05, 3.63) is 133 Å². The molecule has 0 saturated carbocycles. The highest BCUT2D eigenvalue weighted by Crippen LogP contribution is 2.44. The summed E-state index contributed by atoms with van der Waals surface area (Å²) < 4.78 is 4.81. The zero-order valence-electron chi connectivity index (χ0n) is 23.9. The second-order valence-electron chi connectivity index (χ2n) is 11.8. The van der Waals surface area contributed by atoms with Gasteiger partial charge in [0.15, 0.2) is 0 Å². The van der Waals surface area contributed by atoms with Gasteiger partial charge in [-0.3, -0.25) is 4.98 Å². The zero-order valence-corrected chi connectivity index (χ0v) is 23.9. The molecule has 1 aliphatic carbocycles. The maximum Gasteiger partial charge on any atom is 0.321 e. The minimum atomic E-state index is 0.591. The Morgan fingerprint density at radius 3 is 1.45 bits per heavy atom. The number of hydrogen-bond donors (Lipinski definition) is 0. The van der Waals surface area contributed by atoms with Crippen LogP contribution in [-0.2, 0) is 0 Å². The average Bonchev–Trinajstić information content (AvgIpc) is 3.69. The van der Waals surface area contributed by atoms with E-state index in [1.54, 1.807) is 0 Å². The van der Waals surface area contributed by atoms with Crippen molar-refractivity contribution in [3.63, 3.8) is 0 Å². The first kappa shape index (κ1) is 23.9. The summed E-state index contributed by atoms with van der Waals surface area (Å²) in [4.78, 5) is 10.8. The number of rotatable bonds is 4. The molecule has 1 aliphatic rings. The molecule has 0 aliphatic heterocycles. The first-order valence-electron chi connectivity index (χ1n) is 15.2. The van der Waals surface area contributed by atoms with Gasteiger partial charge >= 0.3 is 7.41 Å². The van der Waals surface area contributed by atoms with E-state index in [9.17, 15) is 0 Å². The Balaban J connectivity index is 1.24. The fourth-order valence-electron chi connectivity index (χ4n) is 7.61. The molecule has 6 heteroatoms. The summed E-state index contributed by atoms with van der Waals surface area (Å²) in [5.74, 6) is 0. The molecule has 0 saturated heterocycles. The van der Waals surface area contributed by atoms with Crippen molar-refractivity contribution in [3.8, 4) is 22.4 Å². The van der Waals surface area contributed by atoms with Gasteiger partial charge in [-0.25, -0.2) is 4.98 Å². The second kappa shape index (κ2) is 8.95. The molecule has 202 valence electrons. The quantitative estimate of drug-likeness (QED) is 0.230. The second-order valence-corrected chi connectivity index (χ2v) is 11.8. The van der Waals surface area contributed by atoms with Gasteiger partial charge in [-0.1, -0.05) is 109 Å². The average molecular weight is 558 g/mol. The summed E-state index contributed by atoms with van der Waals surface area (Å²) >= 11 is 0. The van der Waals surface area contributed by atoms with Crippen molar-refractivity contribution in [1.29, 1.82) is 0 Å². The molecule has 6 aromatic carbocycles. The van der Waals surface area contributed by atoms with Crippen molar-refractivity contribution in [2.45, 2.75) is 0 Å². The minimum Gasteiger partial charge on any atom is -0.382 e. The number of hydrogen-bond acceptors (Lipinski definition) is 2. The molecule has 0 spiro atoms. The molecule has 4 nitrogen and oxygen atoms in total. The van der Waals surface area contributed by atoms with Crippen molar-refractivity contribution >= 4 is 80.5 Å². The Morgan fingerprint density at radius 1 is 0.432 bits per heavy atom. The van der Waals surface area contributed by atoms with Gasteiger partial charge in [0, 0.05) is 60.3 Å². The first-order valence-corrected chi connectivity index (χ1v) is 15.2. The summed E-state index contributed by atoms with van der Waals surface area (Å²) in [7, 11) is 1.25. The van der Waals surface area contributed by atoms with Gasteiger partial charge in [0.2, 0.25) is 0 Å². The third kappa shape index (κ3) is 3.25. The number of benzene rings is 6. The van der Waals surface area contributed by atoms with Crippen LogP contribution in [0.1, 0.15) is 0 Å². The Morgan fingerprint density at radius 2 is 0.909 bits per heavy atom. The molecule has 3 aromatic heterocycles. The lowest BCUT2D eigenvalue weighted by atomic mass is 9.80. The van der Waals surface area contributed by atoms with Crippen LogP contribution in [0.3, 0.4) is 0 Å². The fourth-order valence-corrected chi connectivity index (χ4v) is 7.61. The van der Waals surface area contributed by atoms with Crippen molar-refractivity contribution in [1.82, 2.24) is 18.9 Å². The van der Waals surface area contributed by atoms with Gasteiger partial charge in [0.25, 0.3) is 7.41 Å². The molecule has 3 heterocycles. The molecule has 9 aromatic rings. The van der Waals surface area contributed by atoms with E-state index in [0.717, 1.165) is 22.6 Å². The van der Waals surface area contributed by atoms with E-state index in [1.807, 2.05) is 0 Å². The Labute approximate surface area is 254 Å². The smallest absolute Gasteiger partial charge is 0.321 e. The summed E-state index contributed by atoms with van der Waals surface area (Å²) in [5, 5.41) is 7.56. The van der Waals surface area contributed by atoms with Crippen LogP contribution in [0, 0.1) is 0 Å².